The van der Waals surface area contributed by atoms with Crippen LogP contribution in [0.5, 0.6) is 0 Å². The first kappa shape index (κ1) is 9.82. The highest BCUT2D eigenvalue weighted by atomic mass is 16.3. The molecule has 0 amide bonds. The molecule has 70 valence electrons. The summed E-state index contributed by atoms with van der Waals surface area (Å²) < 4.78 is 1.77. The molecule has 0 bridgehead atoms. The fraction of sp³-hybridized carbons (Fsp3) is 0.500. The normalized spacial score (nSPS) is 12.4. The highest BCUT2D eigenvalue weighted by molar-refractivity contribution is 5.13. The molecule has 0 spiro atoms. The van der Waals surface area contributed by atoms with E-state index in [0.717, 1.165) is 18.4 Å². The van der Waals surface area contributed by atoms with E-state index in [1.54, 1.807) is 4.57 Å². The van der Waals surface area contributed by atoms with Crippen molar-refractivity contribution in [1.29, 1.82) is 5.26 Å². The lowest BCUT2D eigenvalue weighted by molar-refractivity contribution is 0.166. The molecule has 0 aliphatic rings. The fourth-order valence-corrected chi connectivity index (χ4v) is 1.28. The first-order valence-electron chi connectivity index (χ1n) is 4.48. The Bertz CT molecular complexity index is 298. The molecule has 0 saturated carbocycles. The molecule has 1 N–H and O–H groups in total. The second kappa shape index (κ2) is 4.68. The largest absolute Gasteiger partial charge is 0.388 e. The van der Waals surface area contributed by atoms with E-state index in [1.165, 1.54) is 0 Å². The molecule has 0 fully saturated rings. The smallest absolute Gasteiger partial charge is 0.109 e. The van der Waals surface area contributed by atoms with Crippen molar-refractivity contribution in [3.63, 3.8) is 0 Å². The molecule has 1 aromatic heterocycles. The van der Waals surface area contributed by atoms with Crippen LogP contribution in [0.1, 0.15) is 31.4 Å². The van der Waals surface area contributed by atoms with Crippen molar-refractivity contribution < 1.29 is 5.11 Å². The van der Waals surface area contributed by atoms with Crippen molar-refractivity contribution in [3.8, 4) is 6.07 Å². The lowest BCUT2D eigenvalue weighted by atomic mass is 10.1. The average molecular weight is 178 g/mol. The molecular formula is C10H14N2O. The molecule has 1 aromatic rings. The zero-order valence-corrected chi connectivity index (χ0v) is 7.77. The average Bonchev–Trinajstić information content (AvgIpc) is 2.54. The van der Waals surface area contributed by atoms with Gasteiger partial charge >= 0.3 is 0 Å². The van der Waals surface area contributed by atoms with Crippen LogP contribution in [-0.4, -0.2) is 9.67 Å². The van der Waals surface area contributed by atoms with Crippen molar-refractivity contribution in [2.24, 2.45) is 0 Å². The van der Waals surface area contributed by atoms with E-state index in [0.29, 0.717) is 6.54 Å². The van der Waals surface area contributed by atoms with Crippen molar-refractivity contribution in [1.82, 2.24) is 4.57 Å². The summed E-state index contributed by atoms with van der Waals surface area (Å²) in [7, 11) is 0. The highest BCUT2D eigenvalue weighted by Gasteiger charge is 2.06. The number of hydrogen-bond donors (Lipinski definition) is 1. The number of aliphatic hydroxyl groups excluding tert-OH is 1. The standard InChI is InChI=1S/C10H14N2O/c1-2-3-10(13)9-4-6-12(8-9)7-5-11/h4,6,8,10,13H,2-3,7H2,1H3. The Morgan fingerprint density at radius 1 is 1.69 bits per heavy atom. The van der Waals surface area contributed by atoms with Gasteiger partial charge in [0.15, 0.2) is 0 Å². The van der Waals surface area contributed by atoms with Gasteiger partial charge in [0.25, 0.3) is 0 Å². The third-order valence-electron chi connectivity index (χ3n) is 1.97. The van der Waals surface area contributed by atoms with Gasteiger partial charge in [0.1, 0.15) is 6.54 Å². The molecule has 3 heteroatoms. The molecular weight excluding hydrogens is 164 g/mol. The Labute approximate surface area is 78.2 Å². The number of aromatic nitrogens is 1. The molecule has 1 rings (SSSR count). The third-order valence-corrected chi connectivity index (χ3v) is 1.97. The number of rotatable bonds is 4. The summed E-state index contributed by atoms with van der Waals surface area (Å²) in [6.07, 6.45) is 4.99. The fourth-order valence-electron chi connectivity index (χ4n) is 1.28. The minimum Gasteiger partial charge on any atom is -0.388 e. The summed E-state index contributed by atoms with van der Waals surface area (Å²) in [5.41, 5.74) is 0.900. The maximum absolute atomic E-state index is 9.61. The summed E-state index contributed by atoms with van der Waals surface area (Å²) in [6.45, 7) is 2.38. The SMILES string of the molecule is CCCC(O)c1ccn(CC#N)c1. The predicted molar refractivity (Wildman–Crippen MR) is 49.9 cm³/mol. The molecule has 0 radical (unpaired) electrons. The first-order valence-corrected chi connectivity index (χ1v) is 4.48. The number of nitrogens with zero attached hydrogens (tertiary/aromatic N) is 2. The Kier molecular flexibility index (Phi) is 3.53. The predicted octanol–water partition coefficient (Wildman–Crippen LogP) is 1.85. The molecule has 1 heterocycles. The van der Waals surface area contributed by atoms with Crippen LogP contribution in [0.4, 0.5) is 0 Å². The van der Waals surface area contributed by atoms with Crippen LogP contribution in [0.25, 0.3) is 0 Å². The molecule has 1 atom stereocenters. The molecule has 0 aliphatic carbocycles. The van der Waals surface area contributed by atoms with Gasteiger partial charge in [-0.25, -0.2) is 0 Å². The summed E-state index contributed by atoms with van der Waals surface area (Å²) >= 11 is 0. The topological polar surface area (TPSA) is 49.0 Å². The van der Waals surface area contributed by atoms with E-state index in [4.69, 9.17) is 5.26 Å². The monoisotopic (exact) mass is 178 g/mol. The van der Waals surface area contributed by atoms with Gasteiger partial charge in [-0.05, 0) is 18.1 Å². The number of hydrogen-bond acceptors (Lipinski definition) is 2. The summed E-state index contributed by atoms with van der Waals surface area (Å²) in [5.74, 6) is 0. The minimum absolute atomic E-state index is 0.346. The summed E-state index contributed by atoms with van der Waals surface area (Å²) in [4.78, 5) is 0. The second-order valence-corrected chi connectivity index (χ2v) is 3.08. The van der Waals surface area contributed by atoms with Crippen molar-refractivity contribution >= 4 is 0 Å². The van der Waals surface area contributed by atoms with Gasteiger partial charge in [-0.3, -0.25) is 0 Å². The van der Waals surface area contributed by atoms with E-state index in [9.17, 15) is 5.11 Å². The molecule has 3 nitrogen and oxygen atoms in total. The van der Waals surface area contributed by atoms with E-state index in [-0.39, 0.29) is 6.10 Å². The Balaban J connectivity index is 2.63. The van der Waals surface area contributed by atoms with Gasteiger partial charge in [0.05, 0.1) is 12.2 Å². The van der Waals surface area contributed by atoms with Gasteiger partial charge in [-0.1, -0.05) is 13.3 Å². The van der Waals surface area contributed by atoms with Gasteiger partial charge in [-0.15, -0.1) is 0 Å². The zero-order chi connectivity index (χ0) is 9.68. The quantitative estimate of drug-likeness (QED) is 0.764. The molecule has 0 aromatic carbocycles. The van der Waals surface area contributed by atoms with E-state index in [1.807, 2.05) is 31.5 Å². The van der Waals surface area contributed by atoms with Crippen LogP contribution >= 0.6 is 0 Å². The van der Waals surface area contributed by atoms with Crippen LogP contribution < -0.4 is 0 Å². The van der Waals surface area contributed by atoms with E-state index < -0.39 is 0 Å². The second-order valence-electron chi connectivity index (χ2n) is 3.08. The van der Waals surface area contributed by atoms with Crippen LogP contribution in [0.3, 0.4) is 0 Å². The molecule has 0 aliphatic heterocycles. The van der Waals surface area contributed by atoms with Gasteiger partial charge in [0.2, 0.25) is 0 Å². The van der Waals surface area contributed by atoms with Crippen LogP contribution in [-0.2, 0) is 6.54 Å². The third kappa shape index (κ3) is 2.60. The van der Waals surface area contributed by atoms with Crippen LogP contribution in [0.15, 0.2) is 18.5 Å². The van der Waals surface area contributed by atoms with Gasteiger partial charge in [-0.2, -0.15) is 5.26 Å². The van der Waals surface area contributed by atoms with Crippen molar-refractivity contribution in [2.75, 3.05) is 0 Å². The summed E-state index contributed by atoms with van der Waals surface area (Å²) in [5, 5.41) is 18.0. The lowest BCUT2D eigenvalue weighted by Crippen LogP contribution is -1.95. The Morgan fingerprint density at radius 3 is 3.08 bits per heavy atom. The Morgan fingerprint density at radius 2 is 2.46 bits per heavy atom. The lowest BCUT2D eigenvalue weighted by Gasteiger charge is -2.05. The molecule has 13 heavy (non-hydrogen) atoms. The highest BCUT2D eigenvalue weighted by Crippen LogP contribution is 2.17. The van der Waals surface area contributed by atoms with Crippen molar-refractivity contribution in [3.05, 3.63) is 24.0 Å². The number of nitriles is 1. The maximum Gasteiger partial charge on any atom is 0.109 e. The minimum atomic E-state index is -0.384. The number of aliphatic hydroxyl groups is 1. The summed E-state index contributed by atoms with van der Waals surface area (Å²) in [6, 6.07) is 3.91. The zero-order valence-electron chi connectivity index (χ0n) is 7.77. The first-order chi connectivity index (χ1) is 6.27. The molecule has 1 unspecified atom stereocenters. The van der Waals surface area contributed by atoms with E-state index >= 15 is 0 Å². The van der Waals surface area contributed by atoms with Crippen LogP contribution in [0, 0.1) is 11.3 Å². The van der Waals surface area contributed by atoms with E-state index in [2.05, 4.69) is 0 Å². The van der Waals surface area contributed by atoms with Gasteiger partial charge < -0.3 is 9.67 Å². The Hall–Kier alpha value is -1.27. The van der Waals surface area contributed by atoms with Crippen molar-refractivity contribution in [2.45, 2.75) is 32.4 Å². The van der Waals surface area contributed by atoms with Gasteiger partial charge in [0, 0.05) is 12.4 Å². The maximum atomic E-state index is 9.61. The molecule has 0 saturated heterocycles. The van der Waals surface area contributed by atoms with Crippen LogP contribution in [0.2, 0.25) is 0 Å².